The van der Waals surface area contributed by atoms with Gasteiger partial charge in [0.1, 0.15) is 6.54 Å². The number of carbonyl (C=O) groups excluding carboxylic acids is 1. The molecule has 0 saturated heterocycles. The van der Waals surface area contributed by atoms with Crippen LogP contribution in [0.1, 0.15) is 11.4 Å². The SMILES string of the molecule is Cc1cn(CC(=O)OCc2noc(-c3ccc(Cl)cc3)n2)c2ccccc12. The normalized spacial score (nSPS) is 11.0. The van der Waals surface area contributed by atoms with Crippen LogP contribution in [0.5, 0.6) is 0 Å². The van der Waals surface area contributed by atoms with Crippen LogP contribution in [-0.2, 0) is 22.7 Å². The number of rotatable bonds is 5. The summed E-state index contributed by atoms with van der Waals surface area (Å²) in [6, 6.07) is 15.0. The predicted octanol–water partition coefficient (Wildman–Crippen LogP) is 4.40. The average Bonchev–Trinajstić information content (AvgIpc) is 3.26. The van der Waals surface area contributed by atoms with Gasteiger partial charge in [0.2, 0.25) is 5.82 Å². The lowest BCUT2D eigenvalue weighted by Gasteiger charge is -2.05. The van der Waals surface area contributed by atoms with Crippen molar-refractivity contribution in [3.05, 3.63) is 71.1 Å². The molecule has 136 valence electrons. The average molecular weight is 382 g/mol. The summed E-state index contributed by atoms with van der Waals surface area (Å²) in [4.78, 5) is 16.4. The third kappa shape index (κ3) is 3.71. The number of carbonyl (C=O) groups is 1. The molecule has 0 spiro atoms. The molecule has 2 aromatic carbocycles. The second-order valence-electron chi connectivity index (χ2n) is 6.14. The van der Waals surface area contributed by atoms with Crippen molar-refractivity contribution < 1.29 is 14.1 Å². The standard InChI is InChI=1S/C20H16ClN3O3/c1-13-10-24(17-5-3-2-4-16(13)17)11-19(25)26-12-18-22-20(27-23-18)14-6-8-15(21)9-7-14/h2-10H,11-12H2,1H3. The van der Waals surface area contributed by atoms with Gasteiger partial charge in [0, 0.05) is 27.7 Å². The minimum atomic E-state index is -0.367. The Kier molecular flexibility index (Phi) is 4.64. The van der Waals surface area contributed by atoms with Gasteiger partial charge in [-0.2, -0.15) is 4.98 Å². The Morgan fingerprint density at radius 3 is 2.78 bits per heavy atom. The minimum Gasteiger partial charge on any atom is -0.456 e. The zero-order valence-electron chi connectivity index (χ0n) is 14.6. The van der Waals surface area contributed by atoms with Crippen LogP contribution >= 0.6 is 11.6 Å². The van der Waals surface area contributed by atoms with E-state index in [0.717, 1.165) is 22.0 Å². The van der Waals surface area contributed by atoms with Crippen molar-refractivity contribution in [1.29, 1.82) is 0 Å². The predicted molar refractivity (Wildman–Crippen MR) is 101 cm³/mol. The van der Waals surface area contributed by atoms with Gasteiger partial charge in [-0.3, -0.25) is 4.79 Å². The van der Waals surface area contributed by atoms with Gasteiger partial charge in [0.25, 0.3) is 5.89 Å². The molecule has 0 aliphatic rings. The maximum Gasteiger partial charge on any atom is 0.326 e. The number of fused-ring (bicyclic) bond motifs is 1. The molecule has 4 rings (SSSR count). The molecule has 0 bridgehead atoms. The summed E-state index contributed by atoms with van der Waals surface area (Å²) in [5.41, 5.74) is 2.86. The van der Waals surface area contributed by atoms with Gasteiger partial charge in [-0.05, 0) is 42.8 Å². The number of para-hydroxylation sites is 1. The number of aromatic nitrogens is 3. The summed E-state index contributed by atoms with van der Waals surface area (Å²) >= 11 is 5.87. The molecule has 27 heavy (non-hydrogen) atoms. The molecule has 0 aliphatic carbocycles. The van der Waals surface area contributed by atoms with Crippen LogP contribution in [-0.4, -0.2) is 20.7 Å². The molecule has 0 amide bonds. The summed E-state index contributed by atoms with van der Waals surface area (Å²) in [6.07, 6.45) is 1.94. The Balaban J connectivity index is 1.40. The van der Waals surface area contributed by atoms with Crippen molar-refractivity contribution >= 4 is 28.5 Å². The van der Waals surface area contributed by atoms with E-state index in [9.17, 15) is 4.79 Å². The fraction of sp³-hybridized carbons (Fsp3) is 0.150. The van der Waals surface area contributed by atoms with E-state index in [1.807, 2.05) is 42.0 Å². The number of halogens is 1. The van der Waals surface area contributed by atoms with E-state index in [1.165, 1.54) is 0 Å². The Hall–Kier alpha value is -3.12. The second-order valence-corrected chi connectivity index (χ2v) is 6.58. The van der Waals surface area contributed by atoms with Crippen LogP contribution < -0.4 is 0 Å². The highest BCUT2D eigenvalue weighted by molar-refractivity contribution is 6.30. The van der Waals surface area contributed by atoms with E-state index in [0.29, 0.717) is 16.7 Å². The lowest BCUT2D eigenvalue weighted by atomic mass is 10.2. The highest BCUT2D eigenvalue weighted by Gasteiger charge is 2.13. The zero-order chi connectivity index (χ0) is 18.8. The Bertz CT molecular complexity index is 1100. The molecule has 2 heterocycles. The number of benzene rings is 2. The molecule has 6 nitrogen and oxygen atoms in total. The smallest absolute Gasteiger partial charge is 0.326 e. The van der Waals surface area contributed by atoms with Gasteiger partial charge in [-0.1, -0.05) is 35.0 Å². The van der Waals surface area contributed by atoms with E-state index in [1.54, 1.807) is 24.3 Å². The number of hydrogen-bond donors (Lipinski definition) is 0. The van der Waals surface area contributed by atoms with Crippen molar-refractivity contribution in [2.24, 2.45) is 0 Å². The minimum absolute atomic E-state index is 0.0475. The van der Waals surface area contributed by atoms with E-state index in [2.05, 4.69) is 10.1 Å². The van der Waals surface area contributed by atoms with Gasteiger partial charge < -0.3 is 13.8 Å². The van der Waals surface area contributed by atoms with Crippen molar-refractivity contribution in [1.82, 2.24) is 14.7 Å². The molecule has 0 fully saturated rings. The van der Waals surface area contributed by atoms with E-state index in [4.69, 9.17) is 20.9 Å². The van der Waals surface area contributed by atoms with E-state index >= 15 is 0 Å². The van der Waals surface area contributed by atoms with Crippen LogP contribution in [0.3, 0.4) is 0 Å². The summed E-state index contributed by atoms with van der Waals surface area (Å²) in [5.74, 6) is 0.292. The number of ether oxygens (including phenoxy) is 1. The van der Waals surface area contributed by atoms with Crippen LogP contribution in [0.4, 0.5) is 0 Å². The molecule has 0 saturated carbocycles. The number of aryl methyl sites for hydroxylation is 1. The summed E-state index contributed by atoms with van der Waals surface area (Å²) < 4.78 is 12.4. The highest BCUT2D eigenvalue weighted by Crippen LogP contribution is 2.21. The van der Waals surface area contributed by atoms with Crippen molar-refractivity contribution in [3.63, 3.8) is 0 Å². The van der Waals surface area contributed by atoms with Crippen molar-refractivity contribution in [2.75, 3.05) is 0 Å². The fourth-order valence-electron chi connectivity index (χ4n) is 2.91. The monoisotopic (exact) mass is 381 g/mol. The summed E-state index contributed by atoms with van der Waals surface area (Å²) in [6.45, 7) is 2.09. The van der Waals surface area contributed by atoms with Crippen LogP contribution in [0.25, 0.3) is 22.4 Å². The first-order valence-corrected chi connectivity index (χ1v) is 8.76. The number of nitrogens with zero attached hydrogens (tertiary/aromatic N) is 3. The van der Waals surface area contributed by atoms with Crippen LogP contribution in [0.15, 0.2) is 59.3 Å². The first-order valence-electron chi connectivity index (χ1n) is 8.39. The van der Waals surface area contributed by atoms with Crippen molar-refractivity contribution in [3.8, 4) is 11.5 Å². The van der Waals surface area contributed by atoms with Gasteiger partial charge in [0.05, 0.1) is 0 Å². The summed E-state index contributed by atoms with van der Waals surface area (Å²) in [5, 5.41) is 5.59. The van der Waals surface area contributed by atoms with Gasteiger partial charge >= 0.3 is 5.97 Å². The topological polar surface area (TPSA) is 70.2 Å². The number of esters is 1. The Morgan fingerprint density at radius 1 is 1.19 bits per heavy atom. The Labute approximate surface area is 160 Å². The first-order chi connectivity index (χ1) is 13.1. The molecular weight excluding hydrogens is 366 g/mol. The lowest BCUT2D eigenvalue weighted by molar-refractivity contribution is -0.145. The number of hydrogen-bond acceptors (Lipinski definition) is 5. The molecule has 0 N–H and O–H groups in total. The van der Waals surface area contributed by atoms with Crippen molar-refractivity contribution in [2.45, 2.75) is 20.1 Å². The Morgan fingerprint density at radius 2 is 1.96 bits per heavy atom. The highest BCUT2D eigenvalue weighted by atomic mass is 35.5. The largest absolute Gasteiger partial charge is 0.456 e. The van der Waals surface area contributed by atoms with Gasteiger partial charge in [-0.25, -0.2) is 0 Å². The molecule has 2 aromatic heterocycles. The molecular formula is C20H16ClN3O3. The van der Waals surface area contributed by atoms with E-state index < -0.39 is 0 Å². The fourth-order valence-corrected chi connectivity index (χ4v) is 3.04. The van der Waals surface area contributed by atoms with E-state index in [-0.39, 0.29) is 19.1 Å². The first kappa shape index (κ1) is 17.3. The zero-order valence-corrected chi connectivity index (χ0v) is 15.3. The molecule has 0 radical (unpaired) electrons. The third-order valence-corrected chi connectivity index (χ3v) is 4.46. The van der Waals surface area contributed by atoms with Gasteiger partial charge in [0.15, 0.2) is 6.61 Å². The van der Waals surface area contributed by atoms with Crippen LogP contribution in [0.2, 0.25) is 5.02 Å². The second kappa shape index (κ2) is 7.25. The molecule has 7 heteroatoms. The van der Waals surface area contributed by atoms with Gasteiger partial charge in [-0.15, -0.1) is 0 Å². The molecule has 4 aromatic rings. The lowest BCUT2D eigenvalue weighted by Crippen LogP contribution is -2.13. The molecule has 0 unspecified atom stereocenters. The maximum absolute atomic E-state index is 12.2. The quantitative estimate of drug-likeness (QED) is 0.479. The summed E-state index contributed by atoms with van der Waals surface area (Å²) in [7, 11) is 0. The third-order valence-electron chi connectivity index (χ3n) is 4.21. The molecule has 0 atom stereocenters. The van der Waals surface area contributed by atoms with Crippen LogP contribution in [0, 0.1) is 6.92 Å². The molecule has 0 aliphatic heterocycles. The maximum atomic E-state index is 12.2.